The molecule has 2 atom stereocenters. The van der Waals surface area contributed by atoms with E-state index < -0.39 is 9.84 Å². The van der Waals surface area contributed by atoms with Gasteiger partial charge < -0.3 is 0 Å². The minimum absolute atomic E-state index is 0.0974. The van der Waals surface area contributed by atoms with Crippen LogP contribution in [-0.4, -0.2) is 13.7 Å². The van der Waals surface area contributed by atoms with Crippen LogP contribution >= 0.6 is 0 Å². The Morgan fingerprint density at radius 2 is 1.94 bits per heavy atom. The van der Waals surface area contributed by atoms with Crippen LogP contribution < -0.4 is 0 Å². The highest BCUT2D eigenvalue weighted by Gasteiger charge is 2.38. The smallest absolute Gasteiger partial charge is 0.185 e. The van der Waals surface area contributed by atoms with Gasteiger partial charge in [0.2, 0.25) is 0 Å². The van der Waals surface area contributed by atoms with Crippen LogP contribution in [0.5, 0.6) is 0 Å². The normalized spacial score (nSPS) is 28.5. The second kappa shape index (κ2) is 3.57. The van der Waals surface area contributed by atoms with Crippen LogP contribution in [0, 0.1) is 12.8 Å². The summed E-state index contributed by atoms with van der Waals surface area (Å²) in [7, 11) is -3.20. The third kappa shape index (κ3) is 1.57. The van der Waals surface area contributed by atoms with Gasteiger partial charge in [0.05, 0.1) is 10.1 Å². The maximum atomic E-state index is 12.5. The fraction of sp³-hybridized carbons (Fsp3) is 0.286. The topological polar surface area (TPSA) is 34.1 Å². The lowest BCUT2D eigenvalue weighted by Crippen LogP contribution is -2.34. The molecule has 1 heterocycles. The molecule has 88 valence electrons. The van der Waals surface area contributed by atoms with Gasteiger partial charge in [-0.05, 0) is 30.5 Å². The van der Waals surface area contributed by atoms with Gasteiger partial charge >= 0.3 is 0 Å². The van der Waals surface area contributed by atoms with E-state index in [9.17, 15) is 8.42 Å². The SMILES string of the molecule is Cc1ccc2c(c1)S(=O)(=O)C1C=CC=CC1C2. The van der Waals surface area contributed by atoms with Gasteiger partial charge in [0.15, 0.2) is 9.84 Å². The summed E-state index contributed by atoms with van der Waals surface area (Å²) >= 11 is 0. The Balaban J connectivity index is 2.23. The first-order chi connectivity index (χ1) is 8.09. The lowest BCUT2D eigenvalue weighted by Gasteiger charge is -2.30. The zero-order valence-electron chi connectivity index (χ0n) is 9.63. The van der Waals surface area contributed by atoms with Gasteiger partial charge in [0, 0.05) is 5.92 Å². The van der Waals surface area contributed by atoms with Crippen LogP contribution in [0.25, 0.3) is 0 Å². The van der Waals surface area contributed by atoms with Crippen molar-refractivity contribution in [3.05, 3.63) is 53.6 Å². The van der Waals surface area contributed by atoms with Crippen molar-refractivity contribution in [1.82, 2.24) is 0 Å². The molecule has 0 amide bonds. The van der Waals surface area contributed by atoms with Gasteiger partial charge in [-0.15, -0.1) is 0 Å². The van der Waals surface area contributed by atoms with E-state index >= 15 is 0 Å². The zero-order valence-corrected chi connectivity index (χ0v) is 10.4. The van der Waals surface area contributed by atoms with Gasteiger partial charge in [-0.2, -0.15) is 0 Å². The number of fused-ring (bicyclic) bond motifs is 2. The summed E-state index contributed by atoms with van der Waals surface area (Å²) in [4.78, 5) is 0.527. The van der Waals surface area contributed by atoms with Crippen molar-refractivity contribution in [2.24, 2.45) is 5.92 Å². The van der Waals surface area contributed by atoms with Gasteiger partial charge in [-0.3, -0.25) is 0 Å². The van der Waals surface area contributed by atoms with Crippen molar-refractivity contribution < 1.29 is 8.42 Å². The highest BCUT2D eigenvalue weighted by molar-refractivity contribution is 7.92. The van der Waals surface area contributed by atoms with Crippen molar-refractivity contribution >= 4 is 9.84 Å². The molecule has 3 rings (SSSR count). The molecule has 1 aromatic rings. The van der Waals surface area contributed by atoms with Gasteiger partial charge in [0.1, 0.15) is 0 Å². The first kappa shape index (κ1) is 10.8. The summed E-state index contributed by atoms with van der Waals surface area (Å²) in [6.45, 7) is 1.93. The van der Waals surface area contributed by atoms with Crippen LogP contribution in [0.4, 0.5) is 0 Å². The molecule has 0 fully saturated rings. The molecule has 3 heteroatoms. The van der Waals surface area contributed by atoms with Gasteiger partial charge in [-0.1, -0.05) is 36.4 Å². The van der Waals surface area contributed by atoms with Crippen LogP contribution in [0.3, 0.4) is 0 Å². The number of benzene rings is 1. The van der Waals surface area contributed by atoms with E-state index in [0.29, 0.717) is 4.90 Å². The van der Waals surface area contributed by atoms with E-state index in [1.54, 1.807) is 6.07 Å². The Kier molecular flexibility index (Phi) is 2.26. The number of hydrogen-bond acceptors (Lipinski definition) is 2. The molecule has 1 aliphatic heterocycles. The summed E-state index contributed by atoms with van der Waals surface area (Å²) in [6, 6.07) is 5.73. The van der Waals surface area contributed by atoms with Crippen molar-refractivity contribution in [3.63, 3.8) is 0 Å². The lowest BCUT2D eigenvalue weighted by molar-refractivity contribution is 0.542. The largest absolute Gasteiger partial charge is 0.223 e. The van der Waals surface area contributed by atoms with Crippen molar-refractivity contribution in [2.45, 2.75) is 23.5 Å². The molecule has 0 radical (unpaired) electrons. The molecule has 2 aliphatic rings. The third-order valence-electron chi connectivity index (χ3n) is 3.54. The second-order valence-corrected chi connectivity index (χ2v) is 6.83. The second-order valence-electron chi connectivity index (χ2n) is 4.76. The van der Waals surface area contributed by atoms with Crippen LogP contribution in [0.2, 0.25) is 0 Å². The predicted molar refractivity (Wildman–Crippen MR) is 67.6 cm³/mol. The number of aryl methyl sites for hydroxylation is 1. The summed E-state index contributed by atoms with van der Waals surface area (Å²) in [6.07, 6.45) is 8.41. The molecule has 0 saturated carbocycles. The van der Waals surface area contributed by atoms with E-state index in [1.807, 2.05) is 43.4 Å². The number of hydrogen-bond donors (Lipinski definition) is 0. The van der Waals surface area contributed by atoms with Crippen LogP contribution in [0.1, 0.15) is 11.1 Å². The molecular formula is C14H14O2S. The zero-order chi connectivity index (χ0) is 12.0. The molecule has 1 aromatic carbocycles. The molecule has 2 nitrogen and oxygen atoms in total. The van der Waals surface area contributed by atoms with Crippen molar-refractivity contribution in [2.75, 3.05) is 0 Å². The third-order valence-corrected chi connectivity index (χ3v) is 5.75. The van der Waals surface area contributed by atoms with E-state index in [4.69, 9.17) is 0 Å². The number of rotatable bonds is 0. The molecule has 0 spiro atoms. The quantitative estimate of drug-likeness (QED) is 0.704. The standard InChI is InChI=1S/C14H14O2S/c1-10-6-7-12-9-11-4-2-3-5-13(11)17(15,16)14(12)8-10/h2-8,11,13H,9H2,1H3. The highest BCUT2D eigenvalue weighted by Crippen LogP contribution is 2.36. The molecule has 0 bridgehead atoms. The van der Waals surface area contributed by atoms with E-state index in [1.165, 1.54) is 0 Å². The van der Waals surface area contributed by atoms with E-state index in [0.717, 1.165) is 17.5 Å². The molecule has 0 N–H and O–H groups in total. The fourth-order valence-electron chi connectivity index (χ4n) is 2.65. The van der Waals surface area contributed by atoms with Crippen LogP contribution in [0.15, 0.2) is 47.4 Å². The predicted octanol–water partition coefficient (Wildman–Crippen LogP) is 2.44. The van der Waals surface area contributed by atoms with Crippen molar-refractivity contribution in [1.29, 1.82) is 0 Å². The molecule has 2 unspecified atom stereocenters. The minimum atomic E-state index is -3.20. The monoisotopic (exact) mass is 246 g/mol. The lowest BCUT2D eigenvalue weighted by atomic mass is 9.92. The van der Waals surface area contributed by atoms with E-state index in [-0.39, 0.29) is 11.2 Å². The molecule has 0 saturated heterocycles. The fourth-order valence-corrected chi connectivity index (χ4v) is 4.75. The Hall–Kier alpha value is -1.35. The Morgan fingerprint density at radius 1 is 1.18 bits per heavy atom. The van der Waals surface area contributed by atoms with Crippen LogP contribution in [-0.2, 0) is 16.3 Å². The Morgan fingerprint density at radius 3 is 2.76 bits per heavy atom. The summed E-state index contributed by atoms with van der Waals surface area (Å²) in [5, 5.41) is -0.373. The number of allylic oxidation sites excluding steroid dienone is 3. The Bertz CT molecular complexity index is 624. The number of sulfone groups is 1. The summed E-state index contributed by atoms with van der Waals surface area (Å²) < 4.78 is 25.0. The first-order valence-corrected chi connectivity index (χ1v) is 7.32. The van der Waals surface area contributed by atoms with Crippen molar-refractivity contribution in [3.8, 4) is 0 Å². The Labute approximate surface area is 102 Å². The summed E-state index contributed by atoms with van der Waals surface area (Å²) in [5.41, 5.74) is 1.96. The van der Waals surface area contributed by atoms with E-state index in [2.05, 4.69) is 0 Å². The molecule has 17 heavy (non-hydrogen) atoms. The maximum absolute atomic E-state index is 12.5. The molecule has 0 aromatic heterocycles. The highest BCUT2D eigenvalue weighted by atomic mass is 32.2. The minimum Gasteiger partial charge on any atom is -0.223 e. The maximum Gasteiger partial charge on any atom is 0.185 e. The first-order valence-electron chi connectivity index (χ1n) is 5.77. The van der Waals surface area contributed by atoms with Gasteiger partial charge in [0.25, 0.3) is 0 Å². The average Bonchev–Trinajstić information content (AvgIpc) is 2.31. The average molecular weight is 246 g/mol. The van der Waals surface area contributed by atoms with Gasteiger partial charge in [-0.25, -0.2) is 8.42 Å². The molecule has 1 aliphatic carbocycles. The molecular weight excluding hydrogens is 232 g/mol. The summed E-state index contributed by atoms with van der Waals surface area (Å²) in [5.74, 6) is 0.0974.